The molecule has 9 aromatic carbocycles. The van der Waals surface area contributed by atoms with Gasteiger partial charge in [-0.1, -0.05) is 136 Å². The van der Waals surface area contributed by atoms with Crippen LogP contribution in [0.15, 0.2) is 288 Å². The Morgan fingerprint density at radius 2 is 0.683 bits per heavy atom. The van der Waals surface area contributed by atoms with Crippen molar-refractivity contribution < 1.29 is 28.6 Å². The highest BCUT2D eigenvalue weighted by Gasteiger charge is 2.24. The lowest BCUT2D eigenvalue weighted by Gasteiger charge is -2.24. The van der Waals surface area contributed by atoms with Crippen LogP contribution in [0.4, 0.5) is 0 Å². The second-order valence-electron chi connectivity index (χ2n) is 27.7. The Kier molecular flexibility index (Phi) is 28.9. The predicted molar refractivity (Wildman–Crippen MR) is 472 cm³/mol. The summed E-state index contributed by atoms with van der Waals surface area (Å²) in [5.74, 6) is 3.40. The fourth-order valence-electron chi connectivity index (χ4n) is 13.5. The van der Waals surface area contributed by atoms with Gasteiger partial charge in [-0.3, -0.25) is 57.4 Å². The molecule has 120 heavy (non-hydrogen) atoms. The second kappa shape index (κ2) is 40.7. The number of benzene rings is 9. The zero-order valence-corrected chi connectivity index (χ0v) is 69.8. The first kappa shape index (κ1) is 85.3. The summed E-state index contributed by atoms with van der Waals surface area (Å²) < 4.78 is 20.7. The molecule has 0 aliphatic heterocycles. The van der Waals surface area contributed by atoms with Crippen LogP contribution in [0.3, 0.4) is 0 Å². The van der Waals surface area contributed by atoms with Gasteiger partial charge in [0.1, 0.15) is 34.7 Å². The lowest BCUT2D eigenvalue weighted by atomic mass is 10.1. The molecule has 606 valence electrons. The predicted octanol–water partition coefficient (Wildman–Crippen LogP) is 17.7. The molecule has 6 aromatic heterocycles. The van der Waals surface area contributed by atoms with E-state index in [-0.39, 0.29) is 53.7 Å². The molecule has 0 saturated heterocycles. The highest BCUT2D eigenvalue weighted by atomic mass is 35.5. The van der Waals surface area contributed by atoms with Crippen LogP contribution in [0.2, 0.25) is 30.1 Å². The van der Waals surface area contributed by atoms with E-state index in [0.29, 0.717) is 173 Å². The lowest BCUT2D eigenvalue weighted by Crippen LogP contribution is -2.35. The zero-order valence-electron chi connectivity index (χ0n) is 65.3. The summed E-state index contributed by atoms with van der Waals surface area (Å²) in [7, 11) is 4.78. The number of nitrogens with zero attached hydrogens (tertiary/aromatic N) is 12. The van der Waals surface area contributed by atoms with Crippen LogP contribution in [0, 0.1) is 0 Å². The SMILES string of the molecule is COc1ccc(-n2c(CCN(Cc3ccccn3)C(=O)Cc3ccc(Cl)c(Cl)c3)nc3ccccc3c2=O)cc1.COc1ccc(-n2c(CCN(Cc3cccnc3)C(=O)Cc3ccc(Cl)c(Cl)c3)nc3ccccc3c2=O)cc1.COc1ccc(-n2c(CCN(Cc3ccncc3)C(=O)Cc3ccc(Cl)c(Cl)c3)nc3ccccc3c2=O)cc1. The van der Waals surface area contributed by atoms with E-state index in [2.05, 4.69) is 15.0 Å². The molecule has 0 spiro atoms. The van der Waals surface area contributed by atoms with E-state index >= 15 is 0 Å². The minimum atomic E-state index is -0.177. The van der Waals surface area contributed by atoms with Gasteiger partial charge < -0.3 is 28.9 Å². The summed E-state index contributed by atoms with van der Waals surface area (Å²) in [5, 5.41) is 4.05. The molecular formula is C93H78Cl6N12O9. The first-order chi connectivity index (χ1) is 58.3. The number of carbonyl (C=O) groups excluding carboxylic acids is 3. The van der Waals surface area contributed by atoms with Crippen molar-refractivity contribution in [2.24, 2.45) is 0 Å². The standard InChI is InChI=1S/3C31H26Cl2N4O3/c1-40-24-12-10-23(11-13-24)37-29(35-28-8-3-2-7-25(28)31(37)39)15-17-36(20-22-6-4-5-16-34-22)30(38)19-21-9-14-26(32)27(33)18-21;1-40-24-11-9-23(10-12-24)37-29(35-28-7-3-2-6-25(28)31(37)39)14-16-36(20-22-5-4-15-34-19-22)30(38)18-21-8-13-26(32)27(33)17-21;1-40-24-9-7-23(8-10-24)37-29(35-28-5-3-2-4-25(28)31(37)39)14-17-36(20-21-12-15-34-16-13-21)30(38)19-22-6-11-26(32)27(33)18-22/h2-14,16,18H,15,17,19-20H2,1H3;2-13,15,17,19H,14,16,18,20H2,1H3;2-13,15-16,18H,14,17,19-20H2,1H3. The number of methoxy groups -OCH3 is 3. The van der Waals surface area contributed by atoms with Gasteiger partial charge >= 0.3 is 0 Å². The van der Waals surface area contributed by atoms with Crippen molar-refractivity contribution in [3.8, 4) is 34.3 Å². The molecule has 15 rings (SSSR count). The Morgan fingerprint density at radius 3 is 1.02 bits per heavy atom. The third kappa shape index (κ3) is 21.6. The van der Waals surface area contributed by atoms with Gasteiger partial charge in [0.2, 0.25) is 17.7 Å². The van der Waals surface area contributed by atoms with Gasteiger partial charge in [0.15, 0.2) is 0 Å². The summed E-state index contributed by atoms with van der Waals surface area (Å²) in [5.41, 5.74) is 8.15. The number of hydrogen-bond donors (Lipinski definition) is 0. The van der Waals surface area contributed by atoms with Crippen LogP contribution in [0.1, 0.15) is 51.0 Å². The minimum absolute atomic E-state index is 0.0886. The molecule has 6 heterocycles. The fraction of sp³-hybridized carbons (Fsp3) is 0.161. The number of ether oxygens (including phenoxy) is 3. The Morgan fingerprint density at radius 1 is 0.333 bits per heavy atom. The molecule has 3 amide bonds. The van der Waals surface area contributed by atoms with Crippen molar-refractivity contribution in [1.29, 1.82) is 0 Å². The number of halogens is 6. The van der Waals surface area contributed by atoms with Gasteiger partial charge in [-0.2, -0.15) is 0 Å². The molecule has 0 aliphatic carbocycles. The van der Waals surface area contributed by atoms with Crippen LogP contribution >= 0.6 is 69.6 Å². The molecule has 0 fully saturated rings. The monoisotopic (exact) mass is 1720 g/mol. The zero-order chi connectivity index (χ0) is 84.2. The number of amides is 3. The van der Waals surface area contributed by atoms with E-state index in [1.807, 2.05) is 133 Å². The average Bonchev–Trinajstić information content (AvgIpc) is 0.782. The normalized spacial score (nSPS) is 11.0. The fourth-order valence-corrected chi connectivity index (χ4v) is 14.5. The maximum absolute atomic E-state index is 13.7. The molecule has 15 aromatic rings. The number of fused-ring (bicyclic) bond motifs is 3. The molecular weight excluding hydrogens is 1640 g/mol. The largest absolute Gasteiger partial charge is 0.497 e. The Balaban J connectivity index is 0.000000156. The Hall–Kier alpha value is -12.6. The smallest absolute Gasteiger partial charge is 0.265 e. The van der Waals surface area contributed by atoms with Crippen molar-refractivity contribution in [2.75, 3.05) is 41.0 Å². The number of pyridine rings is 3. The molecule has 0 radical (unpaired) electrons. The number of hydrogen-bond acceptors (Lipinski definition) is 15. The molecule has 21 nitrogen and oxygen atoms in total. The van der Waals surface area contributed by atoms with Crippen molar-refractivity contribution >= 4 is 120 Å². The molecule has 0 aliphatic rings. The highest BCUT2D eigenvalue weighted by molar-refractivity contribution is 6.43. The van der Waals surface area contributed by atoms with Crippen LogP contribution in [-0.2, 0) is 72.5 Å². The lowest BCUT2D eigenvalue weighted by molar-refractivity contribution is -0.131. The average molecular weight is 1720 g/mol. The van der Waals surface area contributed by atoms with Gasteiger partial charge in [-0.15, -0.1) is 0 Å². The molecule has 27 heteroatoms. The first-order valence-corrected chi connectivity index (χ1v) is 40.3. The summed E-state index contributed by atoms with van der Waals surface area (Å²) >= 11 is 36.8. The van der Waals surface area contributed by atoms with Gasteiger partial charge in [0.25, 0.3) is 16.7 Å². The quantitative estimate of drug-likeness (QED) is 0.0466. The van der Waals surface area contributed by atoms with E-state index < -0.39 is 0 Å². The summed E-state index contributed by atoms with van der Waals surface area (Å²) in [6, 6.07) is 72.2. The number of rotatable bonds is 27. The second-order valence-corrected chi connectivity index (χ2v) is 30.1. The number of carbonyl (C=O) groups is 3. The topological polar surface area (TPSA) is 232 Å². The van der Waals surface area contributed by atoms with E-state index in [1.165, 1.54) is 0 Å². The highest BCUT2D eigenvalue weighted by Crippen LogP contribution is 2.29. The molecule has 0 saturated carbocycles. The van der Waals surface area contributed by atoms with E-state index in [9.17, 15) is 28.8 Å². The molecule has 0 N–H and O–H groups in total. The third-order valence-electron chi connectivity index (χ3n) is 19.7. The van der Waals surface area contributed by atoms with Crippen molar-refractivity contribution in [3.05, 3.63) is 386 Å². The molecule has 0 bridgehead atoms. The first-order valence-electron chi connectivity index (χ1n) is 38.1. The Labute approximate surface area is 721 Å². The maximum atomic E-state index is 13.7. The summed E-state index contributed by atoms with van der Waals surface area (Å²) in [4.78, 5) is 114. The van der Waals surface area contributed by atoms with E-state index in [1.54, 1.807) is 190 Å². The summed E-state index contributed by atoms with van der Waals surface area (Å²) in [6.45, 7) is 2.02. The molecule has 0 unspecified atom stereocenters. The number of para-hydroxylation sites is 3. The van der Waals surface area contributed by atoms with Crippen LogP contribution in [-0.4, -0.2) is 117 Å². The van der Waals surface area contributed by atoms with Crippen LogP contribution in [0.25, 0.3) is 49.8 Å². The third-order valence-corrected chi connectivity index (χ3v) is 21.9. The number of aromatic nitrogens is 9. The van der Waals surface area contributed by atoms with Crippen molar-refractivity contribution in [2.45, 2.75) is 58.2 Å². The minimum Gasteiger partial charge on any atom is -0.497 e. The molecule has 0 atom stereocenters. The van der Waals surface area contributed by atoms with Crippen molar-refractivity contribution in [1.82, 2.24) is 58.3 Å². The van der Waals surface area contributed by atoms with E-state index in [4.69, 9.17) is 98.8 Å². The summed E-state index contributed by atoms with van der Waals surface area (Å²) in [6.07, 6.45) is 10.00. The van der Waals surface area contributed by atoms with Gasteiger partial charge in [0.05, 0.1) is 133 Å². The Bertz CT molecular complexity index is 5730. The van der Waals surface area contributed by atoms with E-state index in [0.717, 1.165) is 33.5 Å². The van der Waals surface area contributed by atoms with Gasteiger partial charge in [-0.05, 0) is 204 Å². The van der Waals surface area contributed by atoms with Crippen molar-refractivity contribution in [3.63, 3.8) is 0 Å². The van der Waals surface area contributed by atoms with Gasteiger partial charge in [-0.25, -0.2) is 15.0 Å². The van der Waals surface area contributed by atoms with Crippen LogP contribution in [0.5, 0.6) is 17.2 Å². The van der Waals surface area contributed by atoms with Gasteiger partial charge in [0, 0.05) is 83.0 Å². The van der Waals surface area contributed by atoms with Crippen LogP contribution < -0.4 is 30.9 Å². The maximum Gasteiger partial charge on any atom is 0.265 e.